The van der Waals surface area contributed by atoms with Crippen LogP contribution in [0.5, 0.6) is 0 Å². The lowest BCUT2D eigenvalue weighted by Gasteiger charge is -2.14. The number of aromatic nitrogens is 1. The van der Waals surface area contributed by atoms with Crippen LogP contribution in [0, 0.1) is 0 Å². The summed E-state index contributed by atoms with van der Waals surface area (Å²) in [5, 5.41) is 6.54. The van der Waals surface area contributed by atoms with Gasteiger partial charge in [-0.15, -0.1) is 17.9 Å². The number of rotatable bonds is 4. The maximum atomic E-state index is 4.58. The van der Waals surface area contributed by atoms with E-state index in [0.717, 1.165) is 18.1 Å². The second-order valence-electron chi connectivity index (χ2n) is 4.30. The minimum Gasteiger partial charge on any atom is -0.307 e. The molecule has 0 atom stereocenters. The fourth-order valence-electron chi connectivity index (χ4n) is 1.02. The van der Waals surface area contributed by atoms with E-state index < -0.39 is 0 Å². The molecule has 0 aliphatic carbocycles. The zero-order valence-corrected chi connectivity index (χ0v) is 9.95. The van der Waals surface area contributed by atoms with Crippen LogP contribution in [0.2, 0.25) is 0 Å². The smallest absolute Gasteiger partial charge is 0.107 e. The van der Waals surface area contributed by atoms with Gasteiger partial charge < -0.3 is 5.32 Å². The van der Waals surface area contributed by atoms with E-state index in [-0.39, 0.29) is 5.41 Å². The van der Waals surface area contributed by atoms with Crippen LogP contribution in [0.3, 0.4) is 0 Å². The fraction of sp³-hybridized carbons (Fsp3) is 0.545. The Morgan fingerprint density at radius 1 is 1.57 bits per heavy atom. The largest absolute Gasteiger partial charge is 0.307 e. The summed E-state index contributed by atoms with van der Waals surface area (Å²) >= 11 is 1.72. The Kier molecular flexibility index (Phi) is 3.84. The van der Waals surface area contributed by atoms with E-state index in [1.165, 1.54) is 5.69 Å². The summed E-state index contributed by atoms with van der Waals surface area (Å²) in [6.07, 6.45) is 1.86. The summed E-state index contributed by atoms with van der Waals surface area (Å²) in [7, 11) is 0. The first kappa shape index (κ1) is 11.4. The summed E-state index contributed by atoms with van der Waals surface area (Å²) in [6, 6.07) is 0. The van der Waals surface area contributed by atoms with Gasteiger partial charge in [-0.25, -0.2) is 4.98 Å². The Bertz CT molecular complexity index is 296. The average molecular weight is 210 g/mol. The molecule has 2 nitrogen and oxygen atoms in total. The zero-order chi connectivity index (χ0) is 10.6. The highest BCUT2D eigenvalue weighted by Crippen LogP contribution is 2.23. The summed E-state index contributed by atoms with van der Waals surface area (Å²) < 4.78 is 0. The summed E-state index contributed by atoms with van der Waals surface area (Å²) in [5.41, 5.74) is 1.34. The molecule has 14 heavy (non-hydrogen) atoms. The van der Waals surface area contributed by atoms with Crippen LogP contribution in [0.4, 0.5) is 0 Å². The zero-order valence-electron chi connectivity index (χ0n) is 9.13. The molecule has 0 aliphatic rings. The molecule has 1 heterocycles. The van der Waals surface area contributed by atoms with Crippen molar-refractivity contribution in [1.29, 1.82) is 0 Å². The van der Waals surface area contributed by atoms with Gasteiger partial charge in [0.1, 0.15) is 5.01 Å². The molecular formula is C11H18N2S. The third-order valence-electron chi connectivity index (χ3n) is 1.89. The van der Waals surface area contributed by atoms with Gasteiger partial charge in [0.05, 0.1) is 5.69 Å². The second-order valence-corrected chi connectivity index (χ2v) is 5.24. The van der Waals surface area contributed by atoms with Crippen LogP contribution in [0.15, 0.2) is 18.0 Å². The summed E-state index contributed by atoms with van der Waals surface area (Å²) in [4.78, 5) is 4.58. The highest BCUT2D eigenvalue weighted by Gasteiger charge is 2.16. The summed E-state index contributed by atoms with van der Waals surface area (Å²) in [5.74, 6) is 0. The lowest BCUT2D eigenvalue weighted by Crippen LogP contribution is -2.14. The predicted molar refractivity (Wildman–Crippen MR) is 62.7 cm³/mol. The lowest BCUT2D eigenvalue weighted by molar-refractivity contribution is 0.569. The molecule has 0 bridgehead atoms. The molecule has 3 heteroatoms. The molecule has 0 saturated carbocycles. The average Bonchev–Trinajstić information content (AvgIpc) is 2.52. The van der Waals surface area contributed by atoms with Crippen molar-refractivity contribution in [2.75, 3.05) is 6.54 Å². The van der Waals surface area contributed by atoms with Crippen LogP contribution in [0.1, 0.15) is 31.5 Å². The van der Waals surface area contributed by atoms with Crippen molar-refractivity contribution in [1.82, 2.24) is 10.3 Å². The van der Waals surface area contributed by atoms with Gasteiger partial charge in [-0.1, -0.05) is 26.8 Å². The normalized spacial score (nSPS) is 11.6. The van der Waals surface area contributed by atoms with Crippen molar-refractivity contribution in [2.24, 2.45) is 0 Å². The van der Waals surface area contributed by atoms with Gasteiger partial charge in [-0.05, 0) is 0 Å². The molecule has 1 aromatic heterocycles. The molecule has 0 amide bonds. The predicted octanol–water partition coefficient (Wildman–Crippen LogP) is 2.72. The number of nitrogens with one attached hydrogen (secondary N) is 1. The Labute approximate surface area is 90.1 Å². The van der Waals surface area contributed by atoms with E-state index >= 15 is 0 Å². The highest BCUT2D eigenvalue weighted by molar-refractivity contribution is 7.09. The molecular weight excluding hydrogens is 192 g/mol. The van der Waals surface area contributed by atoms with Crippen LogP contribution < -0.4 is 5.32 Å². The fourth-order valence-corrected chi connectivity index (χ4v) is 2.01. The number of thiazole rings is 1. The minimum absolute atomic E-state index is 0.160. The Morgan fingerprint density at radius 2 is 2.29 bits per heavy atom. The molecule has 0 saturated heterocycles. The third kappa shape index (κ3) is 3.24. The second kappa shape index (κ2) is 4.71. The minimum atomic E-state index is 0.160. The Hall–Kier alpha value is -0.670. The maximum absolute atomic E-state index is 4.58. The van der Waals surface area contributed by atoms with Crippen molar-refractivity contribution in [3.8, 4) is 0 Å². The van der Waals surface area contributed by atoms with Crippen LogP contribution in [-0.2, 0) is 12.0 Å². The molecule has 0 aliphatic heterocycles. The number of hydrogen-bond acceptors (Lipinski definition) is 3. The van der Waals surface area contributed by atoms with Gasteiger partial charge in [0, 0.05) is 23.9 Å². The van der Waals surface area contributed by atoms with Crippen molar-refractivity contribution in [3.05, 3.63) is 28.7 Å². The third-order valence-corrected chi connectivity index (χ3v) is 2.73. The van der Waals surface area contributed by atoms with Crippen LogP contribution >= 0.6 is 11.3 Å². The van der Waals surface area contributed by atoms with Crippen molar-refractivity contribution < 1.29 is 0 Å². The molecule has 78 valence electrons. The molecule has 0 unspecified atom stereocenters. The first-order chi connectivity index (χ1) is 6.54. The van der Waals surface area contributed by atoms with Gasteiger partial charge in [-0.3, -0.25) is 0 Å². The van der Waals surface area contributed by atoms with Crippen molar-refractivity contribution >= 4 is 11.3 Å². The van der Waals surface area contributed by atoms with Gasteiger partial charge in [0.2, 0.25) is 0 Å². The van der Waals surface area contributed by atoms with E-state index in [1.54, 1.807) is 11.3 Å². The van der Waals surface area contributed by atoms with E-state index in [4.69, 9.17) is 0 Å². The topological polar surface area (TPSA) is 24.9 Å². The number of hydrogen-bond donors (Lipinski definition) is 1. The standard InChI is InChI=1S/C11H18N2S/c1-5-6-12-7-10-13-9(8-14-10)11(2,3)4/h5,8,12H,1,6-7H2,2-4H3. The van der Waals surface area contributed by atoms with Crippen LogP contribution in [0.25, 0.3) is 0 Å². The van der Waals surface area contributed by atoms with E-state index in [0.29, 0.717) is 0 Å². The first-order valence-electron chi connectivity index (χ1n) is 4.80. The van der Waals surface area contributed by atoms with Gasteiger partial charge in [-0.2, -0.15) is 0 Å². The maximum Gasteiger partial charge on any atom is 0.107 e. The Morgan fingerprint density at radius 3 is 2.79 bits per heavy atom. The SMILES string of the molecule is C=CCNCc1nc(C(C)(C)C)cs1. The van der Waals surface area contributed by atoms with Gasteiger partial charge in [0.15, 0.2) is 0 Å². The molecule has 0 spiro atoms. The van der Waals surface area contributed by atoms with Gasteiger partial charge in [0.25, 0.3) is 0 Å². The Balaban J connectivity index is 2.55. The molecule has 1 aromatic rings. The molecule has 1 N–H and O–H groups in total. The highest BCUT2D eigenvalue weighted by atomic mass is 32.1. The molecule has 1 rings (SSSR count). The quantitative estimate of drug-likeness (QED) is 0.610. The van der Waals surface area contributed by atoms with Crippen molar-refractivity contribution in [3.63, 3.8) is 0 Å². The van der Waals surface area contributed by atoms with E-state index in [2.05, 4.69) is 43.0 Å². The molecule has 0 radical (unpaired) electrons. The summed E-state index contributed by atoms with van der Waals surface area (Å²) in [6.45, 7) is 11.9. The monoisotopic (exact) mass is 210 g/mol. The molecule has 0 fully saturated rings. The molecule has 0 aromatic carbocycles. The van der Waals surface area contributed by atoms with E-state index in [9.17, 15) is 0 Å². The van der Waals surface area contributed by atoms with Crippen molar-refractivity contribution in [2.45, 2.75) is 32.7 Å². The first-order valence-corrected chi connectivity index (χ1v) is 5.68. The van der Waals surface area contributed by atoms with Crippen LogP contribution in [-0.4, -0.2) is 11.5 Å². The lowest BCUT2D eigenvalue weighted by atomic mass is 9.93. The van der Waals surface area contributed by atoms with Gasteiger partial charge >= 0.3 is 0 Å². The number of nitrogens with zero attached hydrogens (tertiary/aromatic N) is 1. The van der Waals surface area contributed by atoms with E-state index in [1.807, 2.05) is 6.08 Å².